The quantitative estimate of drug-likeness (QED) is 0.410. The molecule has 0 amide bonds. The molecule has 1 aromatic carbocycles. The van der Waals surface area contributed by atoms with Gasteiger partial charge in [0.05, 0.1) is 13.1 Å². The van der Waals surface area contributed by atoms with E-state index in [1.807, 2.05) is 36.4 Å². The minimum Gasteiger partial charge on any atom is -0.211 e. The zero-order chi connectivity index (χ0) is 10.5. The molecule has 0 N–H and O–H groups in total. The molecule has 14 heavy (non-hydrogen) atoms. The van der Waals surface area contributed by atoms with Crippen LogP contribution in [0.4, 0.5) is 0 Å². The van der Waals surface area contributed by atoms with Crippen molar-refractivity contribution in [2.75, 3.05) is 13.1 Å². The van der Waals surface area contributed by atoms with Crippen molar-refractivity contribution in [2.45, 2.75) is 0 Å². The second kappa shape index (κ2) is 11.0. The van der Waals surface area contributed by atoms with Crippen molar-refractivity contribution in [3.05, 3.63) is 36.4 Å². The lowest BCUT2D eigenvalue weighted by Crippen LogP contribution is -1.82. The molecule has 0 bridgehead atoms. The van der Waals surface area contributed by atoms with Crippen LogP contribution in [0.2, 0.25) is 0 Å². The topological polar surface area (TPSA) is 58.9 Å². The van der Waals surface area contributed by atoms with Crippen LogP contribution in [0.1, 0.15) is 0 Å². The van der Waals surface area contributed by atoms with Crippen molar-refractivity contribution < 1.29 is 9.59 Å². The van der Waals surface area contributed by atoms with Crippen LogP contribution in [-0.4, -0.2) is 25.2 Å². The number of rotatable bonds is 3. The summed E-state index contributed by atoms with van der Waals surface area (Å²) in [6, 6.07) is 12.0. The molecule has 0 spiro atoms. The van der Waals surface area contributed by atoms with Crippen LogP contribution in [0.3, 0.4) is 0 Å². The van der Waals surface area contributed by atoms with Gasteiger partial charge in [-0.1, -0.05) is 36.4 Å². The van der Waals surface area contributed by atoms with Crippen LogP contribution < -0.4 is 0 Å². The fourth-order valence-corrected chi connectivity index (χ4v) is 0.576. The van der Waals surface area contributed by atoms with Gasteiger partial charge in [-0.15, -0.1) is 0 Å². The maximum atomic E-state index is 9.34. The molecule has 1 rings (SSSR count). The maximum Gasteiger partial charge on any atom is 0.235 e. The molecular weight excluding hydrogens is 180 g/mol. The normalized spacial score (nSPS) is 7.14. The van der Waals surface area contributed by atoms with E-state index in [1.165, 1.54) is 12.2 Å². The lowest BCUT2D eigenvalue weighted by molar-refractivity contribution is 0.560. The number of nitrogens with zero attached hydrogens (tertiary/aromatic N) is 2. The molecule has 4 nitrogen and oxygen atoms in total. The molecular formula is C10H10N2O2. The summed E-state index contributed by atoms with van der Waals surface area (Å²) in [5.74, 6) is 0. The number of aliphatic imine (C=N–C) groups is 2. The lowest BCUT2D eigenvalue weighted by Gasteiger charge is -1.74. The Labute approximate surface area is 82.0 Å². The zero-order valence-corrected chi connectivity index (χ0v) is 7.59. The van der Waals surface area contributed by atoms with Gasteiger partial charge in [0.25, 0.3) is 0 Å². The molecule has 0 aliphatic rings. The fourth-order valence-electron chi connectivity index (χ4n) is 0.576. The molecule has 0 unspecified atom stereocenters. The van der Waals surface area contributed by atoms with Crippen LogP contribution in [-0.2, 0) is 9.59 Å². The summed E-state index contributed by atoms with van der Waals surface area (Å²) < 4.78 is 0. The first kappa shape index (κ1) is 12.0. The second-order valence-corrected chi connectivity index (χ2v) is 2.10. The third-order valence-electron chi connectivity index (χ3n) is 1.12. The Balaban J connectivity index is 0.000000249. The van der Waals surface area contributed by atoms with E-state index in [9.17, 15) is 9.59 Å². The number of hydrogen-bond donors (Lipinski definition) is 0. The second-order valence-electron chi connectivity index (χ2n) is 2.10. The van der Waals surface area contributed by atoms with Gasteiger partial charge in [-0.05, 0) is 0 Å². The van der Waals surface area contributed by atoms with Crippen molar-refractivity contribution in [1.82, 2.24) is 0 Å². The van der Waals surface area contributed by atoms with Crippen molar-refractivity contribution in [3.63, 3.8) is 0 Å². The van der Waals surface area contributed by atoms with E-state index in [-0.39, 0.29) is 13.1 Å². The highest BCUT2D eigenvalue weighted by molar-refractivity contribution is 5.34. The molecule has 0 atom stereocenters. The summed E-state index contributed by atoms with van der Waals surface area (Å²) in [4.78, 5) is 24.9. The van der Waals surface area contributed by atoms with Gasteiger partial charge in [0, 0.05) is 0 Å². The molecule has 0 aromatic heterocycles. The van der Waals surface area contributed by atoms with E-state index in [1.54, 1.807) is 0 Å². The van der Waals surface area contributed by atoms with Crippen LogP contribution >= 0.6 is 0 Å². The van der Waals surface area contributed by atoms with Crippen LogP contribution in [0.5, 0.6) is 0 Å². The van der Waals surface area contributed by atoms with E-state index in [0.29, 0.717) is 0 Å². The number of hydrogen-bond acceptors (Lipinski definition) is 4. The van der Waals surface area contributed by atoms with Gasteiger partial charge in [-0.2, -0.15) is 0 Å². The summed E-state index contributed by atoms with van der Waals surface area (Å²) in [5, 5.41) is 0. The van der Waals surface area contributed by atoms with Crippen molar-refractivity contribution in [1.29, 1.82) is 0 Å². The van der Waals surface area contributed by atoms with Crippen LogP contribution in [0.25, 0.3) is 0 Å². The summed E-state index contributed by atoms with van der Waals surface area (Å²) in [7, 11) is 0. The Bertz CT molecular complexity index is 267. The van der Waals surface area contributed by atoms with E-state index >= 15 is 0 Å². The first-order valence-electron chi connectivity index (χ1n) is 3.99. The van der Waals surface area contributed by atoms with Gasteiger partial charge < -0.3 is 0 Å². The van der Waals surface area contributed by atoms with Gasteiger partial charge in [-0.25, -0.2) is 19.6 Å². The van der Waals surface area contributed by atoms with Crippen LogP contribution in [0, 0.1) is 0 Å². The molecule has 0 saturated heterocycles. The minimum atomic E-state index is 0.221. The summed E-state index contributed by atoms with van der Waals surface area (Å²) in [6.07, 6.45) is 2.62. The van der Waals surface area contributed by atoms with E-state index in [0.717, 1.165) is 0 Å². The third kappa shape index (κ3) is 9.98. The predicted molar refractivity (Wildman–Crippen MR) is 52.4 cm³/mol. The molecule has 0 radical (unpaired) electrons. The van der Waals surface area contributed by atoms with Gasteiger partial charge in [0.2, 0.25) is 12.2 Å². The molecule has 0 aliphatic carbocycles. The Kier molecular flexibility index (Phi) is 9.40. The van der Waals surface area contributed by atoms with Gasteiger partial charge in [0.1, 0.15) is 0 Å². The Morgan fingerprint density at radius 2 is 1.00 bits per heavy atom. The highest BCUT2D eigenvalue weighted by atomic mass is 16.1. The smallest absolute Gasteiger partial charge is 0.211 e. The zero-order valence-electron chi connectivity index (χ0n) is 7.59. The van der Waals surface area contributed by atoms with Crippen molar-refractivity contribution >= 4 is 12.2 Å². The number of isocyanates is 2. The molecule has 4 heteroatoms. The van der Waals surface area contributed by atoms with Gasteiger partial charge in [0.15, 0.2) is 0 Å². The van der Waals surface area contributed by atoms with E-state index in [4.69, 9.17) is 0 Å². The monoisotopic (exact) mass is 190 g/mol. The summed E-state index contributed by atoms with van der Waals surface area (Å²) in [6.45, 7) is 0.442. The molecule has 72 valence electrons. The Morgan fingerprint density at radius 3 is 1.21 bits per heavy atom. The fraction of sp³-hybridized carbons (Fsp3) is 0.200. The highest BCUT2D eigenvalue weighted by Gasteiger charge is 1.73. The Morgan fingerprint density at radius 1 is 0.714 bits per heavy atom. The average molecular weight is 190 g/mol. The summed E-state index contributed by atoms with van der Waals surface area (Å²) >= 11 is 0. The highest BCUT2D eigenvalue weighted by Crippen LogP contribution is 1.79. The molecule has 0 fully saturated rings. The van der Waals surface area contributed by atoms with Crippen molar-refractivity contribution in [3.8, 4) is 0 Å². The molecule has 0 heterocycles. The lowest BCUT2D eigenvalue weighted by atomic mass is 10.4. The van der Waals surface area contributed by atoms with Gasteiger partial charge in [-0.3, -0.25) is 0 Å². The van der Waals surface area contributed by atoms with E-state index in [2.05, 4.69) is 9.98 Å². The Hall–Kier alpha value is -2.02. The molecule has 0 aliphatic heterocycles. The largest absolute Gasteiger partial charge is 0.235 e. The first-order chi connectivity index (χ1) is 6.91. The van der Waals surface area contributed by atoms with Crippen molar-refractivity contribution in [2.24, 2.45) is 9.98 Å². The summed E-state index contributed by atoms with van der Waals surface area (Å²) in [5.41, 5.74) is 0. The number of benzene rings is 1. The minimum absolute atomic E-state index is 0.221. The average Bonchev–Trinajstić information content (AvgIpc) is 2.28. The van der Waals surface area contributed by atoms with Crippen LogP contribution in [0.15, 0.2) is 46.4 Å². The first-order valence-corrected chi connectivity index (χ1v) is 3.99. The molecule has 1 aromatic rings. The SMILES string of the molecule is O=C=NCCN=C=O.c1ccccc1. The molecule has 0 saturated carbocycles. The standard InChI is InChI=1S/C6H6.C4H4N2O2/c1-2-4-6-5-3-1;7-3-5-1-2-6-4-8/h1-6H;1-2H2. The van der Waals surface area contributed by atoms with E-state index < -0.39 is 0 Å². The maximum absolute atomic E-state index is 9.34. The predicted octanol–water partition coefficient (Wildman–Crippen LogP) is 1.34. The number of carbonyl (C=O) groups excluding carboxylic acids is 2. The van der Waals surface area contributed by atoms with Gasteiger partial charge >= 0.3 is 0 Å². The third-order valence-corrected chi connectivity index (χ3v) is 1.12.